The zero-order valence-electron chi connectivity index (χ0n) is 10.00. The van der Waals surface area contributed by atoms with Gasteiger partial charge in [-0.2, -0.15) is 0 Å². The first kappa shape index (κ1) is 11.3. The van der Waals surface area contributed by atoms with E-state index in [1.54, 1.807) is 24.5 Å². The summed E-state index contributed by atoms with van der Waals surface area (Å²) in [7, 11) is 0. The summed E-state index contributed by atoms with van der Waals surface area (Å²) in [6, 6.07) is 13.1. The maximum Gasteiger partial charge on any atom is 0.417 e. The number of furan rings is 1. The van der Waals surface area contributed by atoms with E-state index in [2.05, 4.69) is 4.98 Å². The van der Waals surface area contributed by atoms with Crippen molar-refractivity contribution < 1.29 is 8.83 Å². The van der Waals surface area contributed by atoms with Gasteiger partial charge in [0.1, 0.15) is 5.76 Å². The third-order valence-corrected chi connectivity index (χ3v) is 2.67. The third kappa shape index (κ3) is 2.42. The van der Waals surface area contributed by atoms with Gasteiger partial charge in [-0.3, -0.25) is 4.98 Å². The molecule has 0 saturated heterocycles. The van der Waals surface area contributed by atoms with Crippen LogP contribution in [-0.4, -0.2) is 4.98 Å². The van der Waals surface area contributed by atoms with Gasteiger partial charge in [-0.25, -0.2) is 4.79 Å². The first-order valence-electron chi connectivity index (χ1n) is 5.83. The quantitative estimate of drug-likeness (QED) is 0.778. The fourth-order valence-electron chi connectivity index (χ4n) is 1.81. The minimum absolute atomic E-state index is 0.474. The molecule has 2 aromatic heterocycles. The molecule has 0 amide bonds. The van der Waals surface area contributed by atoms with Gasteiger partial charge in [-0.05, 0) is 24.3 Å². The van der Waals surface area contributed by atoms with E-state index < -0.39 is 5.76 Å². The van der Waals surface area contributed by atoms with Gasteiger partial charge in [0.25, 0.3) is 0 Å². The highest BCUT2D eigenvalue weighted by Crippen LogP contribution is 2.22. The van der Waals surface area contributed by atoms with Crippen LogP contribution in [0.25, 0.3) is 23.5 Å². The van der Waals surface area contributed by atoms with Crippen LogP contribution in [0.15, 0.2) is 62.4 Å². The van der Waals surface area contributed by atoms with Crippen LogP contribution in [0, 0.1) is 0 Å². The highest BCUT2D eigenvalue weighted by molar-refractivity contribution is 5.74. The van der Waals surface area contributed by atoms with Crippen molar-refractivity contribution in [1.82, 2.24) is 4.98 Å². The topological polar surface area (TPSA) is 59.1 Å². The van der Waals surface area contributed by atoms with Gasteiger partial charge in [0, 0.05) is 5.56 Å². The number of hydrogen-bond acceptors (Lipinski definition) is 3. The van der Waals surface area contributed by atoms with Gasteiger partial charge in [0.2, 0.25) is 0 Å². The van der Waals surface area contributed by atoms with Gasteiger partial charge in [0.05, 0.1) is 12.0 Å². The lowest BCUT2D eigenvalue weighted by Crippen LogP contribution is -1.94. The molecule has 4 heteroatoms. The second-order valence-corrected chi connectivity index (χ2v) is 3.97. The van der Waals surface area contributed by atoms with Crippen LogP contribution in [0.2, 0.25) is 0 Å². The molecule has 0 aliphatic carbocycles. The lowest BCUT2D eigenvalue weighted by molar-refractivity contribution is 0.528. The molecule has 2 heterocycles. The van der Waals surface area contributed by atoms with E-state index in [-0.39, 0.29) is 0 Å². The molecule has 0 unspecified atom stereocenters. The molecule has 0 atom stereocenters. The Morgan fingerprint density at radius 1 is 1.00 bits per heavy atom. The predicted octanol–water partition coefficient (Wildman–Crippen LogP) is 3.40. The minimum atomic E-state index is -0.474. The van der Waals surface area contributed by atoms with Crippen LogP contribution < -0.4 is 5.76 Å². The van der Waals surface area contributed by atoms with Crippen LogP contribution in [0.3, 0.4) is 0 Å². The largest absolute Gasteiger partial charge is 0.465 e. The van der Waals surface area contributed by atoms with Crippen molar-refractivity contribution in [3.63, 3.8) is 0 Å². The molecule has 0 aliphatic rings. The molecule has 3 aromatic rings. The second kappa shape index (κ2) is 4.86. The number of oxazole rings is 1. The SMILES string of the molecule is O=c1[nH]c(C=Cc2ccco2)c(-c2ccccc2)o1. The molecule has 94 valence electrons. The summed E-state index contributed by atoms with van der Waals surface area (Å²) in [4.78, 5) is 14.0. The lowest BCUT2D eigenvalue weighted by Gasteiger charge is -1.96. The predicted molar refractivity (Wildman–Crippen MR) is 72.4 cm³/mol. The van der Waals surface area contributed by atoms with Crippen LogP contribution in [-0.2, 0) is 0 Å². The molecule has 1 N–H and O–H groups in total. The average Bonchev–Trinajstić information content (AvgIpc) is 3.06. The molecule has 0 aliphatic heterocycles. The third-order valence-electron chi connectivity index (χ3n) is 2.67. The maximum absolute atomic E-state index is 11.4. The Morgan fingerprint density at radius 3 is 2.58 bits per heavy atom. The number of benzene rings is 1. The van der Waals surface area contributed by atoms with E-state index in [9.17, 15) is 4.79 Å². The first-order valence-corrected chi connectivity index (χ1v) is 5.83. The van der Waals surface area contributed by atoms with E-state index in [0.717, 1.165) is 5.56 Å². The fraction of sp³-hybridized carbons (Fsp3) is 0. The fourth-order valence-corrected chi connectivity index (χ4v) is 1.81. The molecule has 19 heavy (non-hydrogen) atoms. The van der Waals surface area contributed by atoms with E-state index in [1.807, 2.05) is 36.4 Å². The molecule has 0 bridgehead atoms. The molecule has 0 fully saturated rings. The Bertz CT molecular complexity index is 733. The lowest BCUT2D eigenvalue weighted by atomic mass is 10.1. The highest BCUT2D eigenvalue weighted by Gasteiger charge is 2.09. The van der Waals surface area contributed by atoms with Gasteiger partial charge in [0.15, 0.2) is 5.76 Å². The molecule has 4 nitrogen and oxygen atoms in total. The van der Waals surface area contributed by atoms with E-state index >= 15 is 0 Å². The Kier molecular flexibility index (Phi) is 2.90. The molecule has 1 aromatic carbocycles. The molecule has 3 rings (SSSR count). The molecule has 0 saturated carbocycles. The van der Waals surface area contributed by atoms with Crippen molar-refractivity contribution in [1.29, 1.82) is 0 Å². The Hall–Kier alpha value is -2.75. The van der Waals surface area contributed by atoms with Gasteiger partial charge < -0.3 is 8.83 Å². The Morgan fingerprint density at radius 2 is 1.84 bits per heavy atom. The number of rotatable bonds is 3. The van der Waals surface area contributed by atoms with Crippen molar-refractivity contribution in [3.8, 4) is 11.3 Å². The molecule has 0 spiro atoms. The monoisotopic (exact) mass is 253 g/mol. The average molecular weight is 253 g/mol. The summed E-state index contributed by atoms with van der Waals surface area (Å²) in [5, 5.41) is 0. The summed E-state index contributed by atoms with van der Waals surface area (Å²) in [6.45, 7) is 0. The van der Waals surface area contributed by atoms with Crippen LogP contribution in [0.4, 0.5) is 0 Å². The van der Waals surface area contributed by atoms with E-state index in [0.29, 0.717) is 17.2 Å². The van der Waals surface area contributed by atoms with Crippen LogP contribution >= 0.6 is 0 Å². The summed E-state index contributed by atoms with van der Waals surface area (Å²) in [5.74, 6) is 0.757. The summed E-state index contributed by atoms with van der Waals surface area (Å²) in [5.41, 5.74) is 1.47. The summed E-state index contributed by atoms with van der Waals surface area (Å²) >= 11 is 0. The van der Waals surface area contributed by atoms with Gasteiger partial charge in [-0.15, -0.1) is 0 Å². The van der Waals surface area contributed by atoms with Crippen molar-refractivity contribution in [3.05, 3.63) is 70.7 Å². The number of nitrogens with one attached hydrogen (secondary N) is 1. The molecule has 0 radical (unpaired) electrons. The summed E-state index contributed by atoms with van der Waals surface area (Å²) in [6.07, 6.45) is 5.12. The Labute approximate surface area is 109 Å². The van der Waals surface area contributed by atoms with Crippen molar-refractivity contribution in [2.24, 2.45) is 0 Å². The first-order chi connectivity index (χ1) is 9.33. The van der Waals surface area contributed by atoms with E-state index in [1.165, 1.54) is 0 Å². The van der Waals surface area contributed by atoms with Crippen molar-refractivity contribution in [2.45, 2.75) is 0 Å². The van der Waals surface area contributed by atoms with Crippen LogP contribution in [0.5, 0.6) is 0 Å². The molecular formula is C15H11NO3. The van der Waals surface area contributed by atoms with Crippen molar-refractivity contribution in [2.75, 3.05) is 0 Å². The second-order valence-electron chi connectivity index (χ2n) is 3.97. The van der Waals surface area contributed by atoms with Crippen molar-refractivity contribution >= 4 is 12.2 Å². The smallest absolute Gasteiger partial charge is 0.417 e. The number of aromatic amines is 1. The van der Waals surface area contributed by atoms with Gasteiger partial charge >= 0.3 is 5.76 Å². The zero-order chi connectivity index (χ0) is 13.1. The number of H-pyrrole nitrogens is 1. The minimum Gasteiger partial charge on any atom is -0.465 e. The molecular weight excluding hydrogens is 242 g/mol. The Balaban J connectivity index is 2.01. The number of aromatic nitrogens is 1. The maximum atomic E-state index is 11.4. The standard InChI is InChI=1S/C15H11NO3/c17-15-16-13(9-8-12-7-4-10-18-12)14(19-15)11-5-2-1-3-6-11/h1-10H,(H,16,17). The van der Waals surface area contributed by atoms with Gasteiger partial charge in [-0.1, -0.05) is 30.3 Å². The highest BCUT2D eigenvalue weighted by atomic mass is 16.4. The van der Waals surface area contributed by atoms with Crippen LogP contribution in [0.1, 0.15) is 11.5 Å². The number of hydrogen-bond donors (Lipinski definition) is 1. The van der Waals surface area contributed by atoms with E-state index in [4.69, 9.17) is 8.83 Å². The normalized spacial score (nSPS) is 11.2. The summed E-state index contributed by atoms with van der Waals surface area (Å²) < 4.78 is 10.4. The zero-order valence-corrected chi connectivity index (χ0v) is 10.00.